The van der Waals surface area contributed by atoms with E-state index in [1.54, 1.807) is 0 Å². The van der Waals surface area contributed by atoms with E-state index >= 15 is 0 Å². The first-order valence-electron chi connectivity index (χ1n) is 7.04. The van der Waals surface area contributed by atoms with Gasteiger partial charge in [-0.05, 0) is 38.9 Å². The second-order valence-electron chi connectivity index (χ2n) is 7.57. The maximum Gasteiger partial charge on any atom is 0.407 e. The molecule has 0 aromatic heterocycles. The third kappa shape index (κ3) is 7.26. The predicted octanol–water partition coefficient (Wildman–Crippen LogP) is 2.89. The van der Waals surface area contributed by atoms with Gasteiger partial charge < -0.3 is 19.6 Å². The van der Waals surface area contributed by atoms with Crippen LogP contribution in [0.5, 0.6) is 0 Å². The molecular formula is C14H31NO4Si. The fourth-order valence-corrected chi connectivity index (χ4v) is 2.59. The number of nitrogens with one attached hydrogen (secondary N) is 1. The first kappa shape index (κ1) is 19.4. The molecule has 0 bridgehead atoms. The number of amides is 1. The monoisotopic (exact) mass is 305 g/mol. The van der Waals surface area contributed by atoms with Crippen LogP contribution in [0.4, 0.5) is 4.79 Å². The second kappa shape index (κ2) is 6.91. The number of aliphatic hydroxyl groups is 1. The normalized spacial score (nSPS) is 14.8. The van der Waals surface area contributed by atoms with Crippen molar-refractivity contribution in [3.8, 4) is 0 Å². The van der Waals surface area contributed by atoms with Crippen LogP contribution < -0.4 is 5.32 Å². The fourth-order valence-electron chi connectivity index (χ4n) is 1.25. The van der Waals surface area contributed by atoms with E-state index in [0.717, 1.165) is 0 Å². The molecule has 0 aliphatic carbocycles. The Morgan fingerprint density at radius 1 is 1.20 bits per heavy atom. The minimum Gasteiger partial charge on any atom is -0.444 e. The minimum absolute atomic E-state index is 0.0618. The lowest BCUT2D eigenvalue weighted by atomic mass is 10.2. The van der Waals surface area contributed by atoms with Crippen molar-refractivity contribution in [3.05, 3.63) is 0 Å². The zero-order chi connectivity index (χ0) is 16.2. The van der Waals surface area contributed by atoms with Crippen molar-refractivity contribution in [3.63, 3.8) is 0 Å². The summed E-state index contributed by atoms with van der Waals surface area (Å²) >= 11 is 0. The summed E-state index contributed by atoms with van der Waals surface area (Å²) in [6.07, 6.45) is -0.891. The molecule has 1 amide bonds. The Balaban J connectivity index is 4.41. The molecule has 20 heavy (non-hydrogen) atoms. The zero-order valence-corrected chi connectivity index (χ0v) is 15.2. The minimum atomic E-state index is -1.96. The van der Waals surface area contributed by atoms with E-state index in [1.165, 1.54) is 0 Å². The molecule has 0 radical (unpaired) electrons. The third-order valence-electron chi connectivity index (χ3n) is 3.34. The molecule has 0 spiro atoms. The van der Waals surface area contributed by atoms with Gasteiger partial charge >= 0.3 is 6.09 Å². The van der Waals surface area contributed by atoms with Gasteiger partial charge in [0.25, 0.3) is 0 Å². The van der Waals surface area contributed by atoms with Crippen LogP contribution in [-0.4, -0.2) is 44.4 Å². The van der Waals surface area contributed by atoms with E-state index in [-0.39, 0.29) is 18.2 Å². The number of hydrogen-bond donors (Lipinski definition) is 2. The number of ether oxygens (including phenoxy) is 1. The molecule has 0 heterocycles. The summed E-state index contributed by atoms with van der Waals surface area (Å²) in [6, 6.07) is 0. The maximum atomic E-state index is 11.6. The maximum absolute atomic E-state index is 11.6. The molecule has 0 unspecified atom stereocenters. The fraction of sp³-hybridized carbons (Fsp3) is 0.929. The Morgan fingerprint density at radius 3 is 2.05 bits per heavy atom. The van der Waals surface area contributed by atoms with Gasteiger partial charge in [-0.2, -0.15) is 0 Å². The smallest absolute Gasteiger partial charge is 0.407 e. The molecule has 0 fully saturated rings. The van der Waals surface area contributed by atoms with Crippen LogP contribution in [0.1, 0.15) is 41.5 Å². The van der Waals surface area contributed by atoms with Gasteiger partial charge in [-0.1, -0.05) is 20.8 Å². The lowest BCUT2D eigenvalue weighted by Crippen LogP contribution is -2.48. The van der Waals surface area contributed by atoms with Gasteiger partial charge in [-0.3, -0.25) is 0 Å². The van der Waals surface area contributed by atoms with Gasteiger partial charge in [-0.25, -0.2) is 4.79 Å². The van der Waals surface area contributed by atoms with Gasteiger partial charge in [0.1, 0.15) is 5.60 Å². The molecule has 0 saturated heterocycles. The van der Waals surface area contributed by atoms with E-state index in [0.29, 0.717) is 0 Å². The molecule has 0 aromatic carbocycles. The molecule has 120 valence electrons. The standard InChI is InChI=1S/C14H31NO4Si/c1-13(2,3)18-12(17)15-9-11(10-16)19-20(7,8)14(4,5)6/h11,16H,9-10H2,1-8H3,(H,15,17)/t11-/m1/s1. The van der Waals surface area contributed by atoms with E-state index in [4.69, 9.17) is 9.16 Å². The van der Waals surface area contributed by atoms with Crippen LogP contribution in [-0.2, 0) is 9.16 Å². The van der Waals surface area contributed by atoms with E-state index in [1.807, 2.05) is 20.8 Å². The number of carbonyl (C=O) groups is 1. The number of carbonyl (C=O) groups excluding carboxylic acids is 1. The molecule has 0 aromatic rings. The Bertz CT molecular complexity index is 318. The predicted molar refractivity (Wildman–Crippen MR) is 83.4 cm³/mol. The Labute approximate surface area is 124 Å². The molecule has 0 rings (SSSR count). The second-order valence-corrected chi connectivity index (χ2v) is 12.3. The van der Waals surface area contributed by atoms with E-state index in [9.17, 15) is 9.90 Å². The summed E-state index contributed by atoms with van der Waals surface area (Å²) in [5.41, 5.74) is -0.529. The Morgan fingerprint density at radius 2 is 1.70 bits per heavy atom. The van der Waals surface area contributed by atoms with Gasteiger partial charge in [0.05, 0.1) is 12.7 Å². The van der Waals surface area contributed by atoms with Crippen molar-refractivity contribution in [2.75, 3.05) is 13.2 Å². The van der Waals surface area contributed by atoms with Crippen molar-refractivity contribution in [2.45, 2.75) is 71.4 Å². The molecule has 6 heteroatoms. The van der Waals surface area contributed by atoms with Crippen LogP contribution in [0.2, 0.25) is 18.1 Å². The van der Waals surface area contributed by atoms with Crippen LogP contribution in [0.15, 0.2) is 0 Å². The molecule has 1 atom stereocenters. The Kier molecular flexibility index (Phi) is 6.71. The van der Waals surface area contributed by atoms with Gasteiger partial charge in [-0.15, -0.1) is 0 Å². The van der Waals surface area contributed by atoms with Crippen molar-refractivity contribution in [1.29, 1.82) is 0 Å². The number of rotatable bonds is 5. The average Bonchev–Trinajstić information content (AvgIpc) is 2.19. The highest BCUT2D eigenvalue weighted by molar-refractivity contribution is 6.74. The number of hydrogen-bond acceptors (Lipinski definition) is 4. The summed E-state index contributed by atoms with van der Waals surface area (Å²) < 4.78 is 11.2. The summed E-state index contributed by atoms with van der Waals surface area (Å²) in [5, 5.41) is 12.1. The summed E-state index contributed by atoms with van der Waals surface area (Å²) in [6.45, 7) is 16.2. The molecule has 0 saturated carbocycles. The van der Waals surface area contributed by atoms with Gasteiger partial charge in [0, 0.05) is 6.54 Å². The average molecular weight is 305 g/mol. The van der Waals surface area contributed by atoms with Crippen LogP contribution in [0, 0.1) is 0 Å². The zero-order valence-electron chi connectivity index (χ0n) is 14.2. The van der Waals surface area contributed by atoms with Gasteiger partial charge in [0.15, 0.2) is 8.32 Å². The van der Waals surface area contributed by atoms with Crippen molar-refractivity contribution < 1.29 is 19.1 Å². The van der Waals surface area contributed by atoms with Crippen molar-refractivity contribution in [1.82, 2.24) is 5.32 Å². The molecule has 2 N–H and O–H groups in total. The van der Waals surface area contributed by atoms with Crippen LogP contribution in [0.3, 0.4) is 0 Å². The topological polar surface area (TPSA) is 67.8 Å². The van der Waals surface area contributed by atoms with Crippen molar-refractivity contribution >= 4 is 14.4 Å². The number of alkyl carbamates (subject to hydrolysis) is 1. The molecule has 0 aliphatic heterocycles. The lowest BCUT2D eigenvalue weighted by Gasteiger charge is -2.38. The molecular weight excluding hydrogens is 274 g/mol. The molecule has 0 aliphatic rings. The highest BCUT2D eigenvalue weighted by atomic mass is 28.4. The largest absolute Gasteiger partial charge is 0.444 e. The first-order valence-corrected chi connectivity index (χ1v) is 9.95. The SMILES string of the molecule is CC(C)(C)OC(=O)NC[C@H](CO)O[Si](C)(C)C(C)(C)C. The molecule has 5 nitrogen and oxygen atoms in total. The highest BCUT2D eigenvalue weighted by Crippen LogP contribution is 2.37. The lowest BCUT2D eigenvalue weighted by molar-refractivity contribution is 0.0463. The highest BCUT2D eigenvalue weighted by Gasteiger charge is 2.39. The van der Waals surface area contributed by atoms with E-state index < -0.39 is 26.1 Å². The van der Waals surface area contributed by atoms with E-state index in [2.05, 4.69) is 39.2 Å². The first-order chi connectivity index (χ1) is 8.78. The summed E-state index contributed by atoms with van der Waals surface area (Å²) in [7, 11) is -1.96. The van der Waals surface area contributed by atoms with Gasteiger partial charge in [0.2, 0.25) is 0 Å². The van der Waals surface area contributed by atoms with Crippen LogP contribution in [0.25, 0.3) is 0 Å². The third-order valence-corrected chi connectivity index (χ3v) is 7.88. The Hall–Kier alpha value is -0.593. The quantitative estimate of drug-likeness (QED) is 0.766. The van der Waals surface area contributed by atoms with Crippen LogP contribution >= 0.6 is 0 Å². The number of aliphatic hydroxyl groups excluding tert-OH is 1. The summed E-state index contributed by atoms with van der Waals surface area (Å²) in [5.74, 6) is 0. The summed E-state index contributed by atoms with van der Waals surface area (Å²) in [4.78, 5) is 11.6. The van der Waals surface area contributed by atoms with Crippen molar-refractivity contribution in [2.24, 2.45) is 0 Å².